The first kappa shape index (κ1) is 13.6. The van der Waals surface area contributed by atoms with Crippen molar-refractivity contribution < 1.29 is 4.79 Å². The zero-order valence-corrected chi connectivity index (χ0v) is 12.0. The molecule has 0 aliphatic rings. The fraction of sp³-hybridized carbons (Fsp3) is 0.385. The molecule has 2 aromatic heterocycles. The van der Waals surface area contributed by atoms with Crippen LogP contribution in [-0.2, 0) is 6.42 Å². The van der Waals surface area contributed by atoms with Gasteiger partial charge in [0.1, 0.15) is 5.69 Å². The quantitative estimate of drug-likeness (QED) is 0.932. The number of carbonyl (C=O) groups is 1. The van der Waals surface area contributed by atoms with Crippen LogP contribution in [0.1, 0.15) is 35.0 Å². The monoisotopic (exact) mass is 276 g/mol. The lowest BCUT2D eigenvalue weighted by Gasteiger charge is -2.01. The van der Waals surface area contributed by atoms with Gasteiger partial charge in [0.15, 0.2) is 0 Å². The van der Waals surface area contributed by atoms with E-state index in [-0.39, 0.29) is 5.91 Å². The zero-order chi connectivity index (χ0) is 13.8. The smallest absolute Gasteiger partial charge is 0.277 e. The van der Waals surface area contributed by atoms with Gasteiger partial charge in [0.2, 0.25) is 5.95 Å². The number of aryl methyl sites for hydroxylation is 1. The summed E-state index contributed by atoms with van der Waals surface area (Å²) in [5, 5.41) is 5.39. The Morgan fingerprint density at radius 3 is 2.89 bits per heavy atom. The van der Waals surface area contributed by atoms with Crippen molar-refractivity contribution >= 4 is 23.2 Å². The van der Waals surface area contributed by atoms with E-state index in [1.807, 2.05) is 6.92 Å². The highest BCUT2D eigenvalue weighted by atomic mass is 32.1. The third-order valence-corrected chi connectivity index (χ3v) is 3.26. The molecule has 100 valence electrons. The lowest BCUT2D eigenvalue weighted by molar-refractivity contribution is 0.102. The molecule has 0 aromatic carbocycles. The Balaban J connectivity index is 2.05. The molecule has 6 heteroatoms. The molecule has 0 unspecified atom stereocenters. The normalized spacial score (nSPS) is 10.7. The van der Waals surface area contributed by atoms with Crippen molar-refractivity contribution in [1.29, 1.82) is 0 Å². The van der Waals surface area contributed by atoms with Gasteiger partial charge >= 0.3 is 0 Å². The van der Waals surface area contributed by atoms with Crippen LogP contribution in [0.3, 0.4) is 0 Å². The summed E-state index contributed by atoms with van der Waals surface area (Å²) in [5.74, 6) is 0.572. The number of hydrogen-bond acceptors (Lipinski definition) is 5. The molecule has 2 rings (SSSR count). The Morgan fingerprint density at radius 1 is 1.42 bits per heavy atom. The fourth-order valence-corrected chi connectivity index (χ4v) is 2.52. The molecule has 1 N–H and O–H groups in total. The number of anilines is 1. The van der Waals surface area contributed by atoms with Crippen molar-refractivity contribution in [2.24, 2.45) is 5.92 Å². The van der Waals surface area contributed by atoms with Gasteiger partial charge in [-0.05, 0) is 18.9 Å². The molecule has 0 saturated heterocycles. The van der Waals surface area contributed by atoms with E-state index < -0.39 is 0 Å². The Kier molecular flexibility index (Phi) is 4.21. The summed E-state index contributed by atoms with van der Waals surface area (Å²) < 4.78 is 0. The van der Waals surface area contributed by atoms with Crippen molar-refractivity contribution in [1.82, 2.24) is 15.0 Å². The lowest BCUT2D eigenvalue weighted by atomic mass is 10.1. The third kappa shape index (κ3) is 3.82. The fourth-order valence-electron chi connectivity index (χ4n) is 1.53. The molecule has 0 aliphatic heterocycles. The van der Waals surface area contributed by atoms with E-state index in [9.17, 15) is 4.79 Å². The first-order valence-electron chi connectivity index (χ1n) is 6.10. The summed E-state index contributed by atoms with van der Waals surface area (Å²) in [5.41, 5.74) is 1.23. The number of amides is 1. The van der Waals surface area contributed by atoms with Crippen LogP contribution in [0, 0.1) is 12.8 Å². The summed E-state index contributed by atoms with van der Waals surface area (Å²) in [4.78, 5) is 24.4. The van der Waals surface area contributed by atoms with Crippen LogP contribution in [0.15, 0.2) is 17.6 Å². The van der Waals surface area contributed by atoms with Crippen LogP contribution in [-0.4, -0.2) is 20.9 Å². The molecule has 2 heterocycles. The van der Waals surface area contributed by atoms with Gasteiger partial charge in [-0.2, -0.15) is 0 Å². The summed E-state index contributed by atoms with van der Waals surface area (Å²) in [6, 6.07) is 1.78. The summed E-state index contributed by atoms with van der Waals surface area (Å²) in [7, 11) is 0. The minimum Gasteiger partial charge on any atom is -0.289 e. The van der Waals surface area contributed by atoms with Crippen molar-refractivity contribution in [2.45, 2.75) is 27.2 Å². The van der Waals surface area contributed by atoms with E-state index in [0.29, 0.717) is 17.6 Å². The number of hydrogen-bond donors (Lipinski definition) is 1. The van der Waals surface area contributed by atoms with Crippen molar-refractivity contribution in [3.8, 4) is 0 Å². The lowest BCUT2D eigenvalue weighted by Crippen LogP contribution is -2.15. The first-order chi connectivity index (χ1) is 9.04. The average molecular weight is 276 g/mol. The summed E-state index contributed by atoms with van der Waals surface area (Å²) >= 11 is 1.51. The van der Waals surface area contributed by atoms with Gasteiger partial charge in [-0.25, -0.2) is 15.0 Å². The Bertz CT molecular complexity index is 580. The second-order valence-corrected chi connectivity index (χ2v) is 5.64. The van der Waals surface area contributed by atoms with Crippen LogP contribution in [0.5, 0.6) is 0 Å². The molecule has 0 radical (unpaired) electrons. The Morgan fingerprint density at radius 2 is 2.21 bits per heavy atom. The zero-order valence-electron chi connectivity index (χ0n) is 11.2. The van der Waals surface area contributed by atoms with Gasteiger partial charge < -0.3 is 0 Å². The van der Waals surface area contributed by atoms with Gasteiger partial charge in [-0.3, -0.25) is 10.1 Å². The molecular formula is C13H16N4OS. The van der Waals surface area contributed by atoms with Crippen LogP contribution in [0.2, 0.25) is 0 Å². The number of rotatable bonds is 4. The highest BCUT2D eigenvalue weighted by Crippen LogP contribution is 2.15. The van der Waals surface area contributed by atoms with Gasteiger partial charge in [0, 0.05) is 23.7 Å². The molecule has 0 aliphatic carbocycles. The van der Waals surface area contributed by atoms with E-state index in [0.717, 1.165) is 17.1 Å². The molecule has 19 heavy (non-hydrogen) atoms. The van der Waals surface area contributed by atoms with E-state index >= 15 is 0 Å². The number of nitrogens with zero attached hydrogens (tertiary/aromatic N) is 3. The molecule has 0 spiro atoms. The highest BCUT2D eigenvalue weighted by molar-refractivity contribution is 7.09. The predicted molar refractivity (Wildman–Crippen MR) is 75.4 cm³/mol. The van der Waals surface area contributed by atoms with Gasteiger partial charge in [-0.1, -0.05) is 13.8 Å². The maximum atomic E-state index is 12.0. The van der Waals surface area contributed by atoms with E-state index in [1.165, 1.54) is 11.3 Å². The van der Waals surface area contributed by atoms with Gasteiger partial charge in [0.05, 0.1) is 5.01 Å². The van der Waals surface area contributed by atoms with Crippen molar-refractivity contribution in [3.63, 3.8) is 0 Å². The molecule has 0 bridgehead atoms. The largest absolute Gasteiger partial charge is 0.289 e. The van der Waals surface area contributed by atoms with E-state index in [2.05, 4.69) is 34.1 Å². The van der Waals surface area contributed by atoms with Crippen LogP contribution < -0.4 is 5.32 Å². The molecule has 0 saturated carbocycles. The third-order valence-electron chi connectivity index (χ3n) is 2.39. The first-order valence-corrected chi connectivity index (χ1v) is 6.98. The van der Waals surface area contributed by atoms with E-state index in [1.54, 1.807) is 17.6 Å². The number of nitrogens with one attached hydrogen (secondary N) is 1. The van der Waals surface area contributed by atoms with Gasteiger partial charge in [0.25, 0.3) is 5.91 Å². The molecule has 2 aromatic rings. The molecule has 0 atom stereocenters. The predicted octanol–water partition coefficient (Wildman–Crippen LogP) is 2.69. The van der Waals surface area contributed by atoms with Crippen molar-refractivity contribution in [3.05, 3.63) is 34.0 Å². The van der Waals surface area contributed by atoms with E-state index in [4.69, 9.17) is 0 Å². The highest BCUT2D eigenvalue weighted by Gasteiger charge is 2.12. The number of carbonyl (C=O) groups excluding carboxylic acids is 1. The Hall–Kier alpha value is -1.82. The molecule has 5 nitrogen and oxygen atoms in total. The van der Waals surface area contributed by atoms with Crippen LogP contribution in [0.4, 0.5) is 5.95 Å². The maximum absolute atomic E-state index is 12.0. The van der Waals surface area contributed by atoms with Crippen LogP contribution in [0.25, 0.3) is 0 Å². The van der Waals surface area contributed by atoms with Gasteiger partial charge in [-0.15, -0.1) is 11.3 Å². The minimum absolute atomic E-state index is 0.267. The second kappa shape index (κ2) is 5.88. The van der Waals surface area contributed by atoms with Crippen molar-refractivity contribution in [2.75, 3.05) is 5.32 Å². The molecule has 0 fully saturated rings. The minimum atomic E-state index is -0.267. The molecule has 1 amide bonds. The Labute approximate surface area is 116 Å². The SMILES string of the molecule is Cc1ccnc(NC(=O)c2csc(CC(C)C)n2)n1. The standard InChI is InChI=1S/C13H16N4OS/c1-8(2)6-11-16-10(7-19-11)12(18)17-13-14-5-4-9(3)15-13/h4-5,7-8H,6H2,1-3H3,(H,14,15,17,18). The summed E-state index contributed by atoms with van der Waals surface area (Å²) in [6.45, 7) is 6.10. The topological polar surface area (TPSA) is 67.8 Å². The average Bonchev–Trinajstić information content (AvgIpc) is 2.76. The second-order valence-electron chi connectivity index (χ2n) is 4.70. The number of aromatic nitrogens is 3. The maximum Gasteiger partial charge on any atom is 0.277 e. The van der Waals surface area contributed by atoms with Crippen LogP contribution >= 0.6 is 11.3 Å². The summed E-state index contributed by atoms with van der Waals surface area (Å²) in [6.07, 6.45) is 2.50. The number of thiazole rings is 1. The molecular weight excluding hydrogens is 260 g/mol.